The third-order valence-electron chi connectivity index (χ3n) is 3.08. The summed E-state index contributed by atoms with van der Waals surface area (Å²) >= 11 is 1.17. The van der Waals surface area contributed by atoms with Crippen molar-refractivity contribution in [3.63, 3.8) is 0 Å². The highest BCUT2D eigenvalue weighted by Crippen LogP contribution is 2.41. The molecule has 1 aromatic rings. The Balaban J connectivity index is 2.57. The van der Waals surface area contributed by atoms with Gasteiger partial charge in [-0.05, 0) is 0 Å². The van der Waals surface area contributed by atoms with Crippen LogP contribution in [0.15, 0.2) is 4.90 Å². The highest BCUT2D eigenvalue weighted by Gasteiger charge is 2.29. The molecule has 0 unspecified atom stereocenters. The van der Waals surface area contributed by atoms with Crippen molar-refractivity contribution in [3.05, 3.63) is 4.88 Å². The first-order valence-electron chi connectivity index (χ1n) is 6.02. The van der Waals surface area contributed by atoms with Gasteiger partial charge in [0, 0.05) is 26.2 Å². The summed E-state index contributed by atoms with van der Waals surface area (Å²) < 4.78 is 24.4. The number of nitriles is 1. The van der Waals surface area contributed by atoms with Crippen LogP contribution in [0.2, 0.25) is 0 Å². The molecule has 0 aliphatic carbocycles. The summed E-state index contributed by atoms with van der Waals surface area (Å²) in [6, 6.07) is 1.98. The number of hydrogen-bond acceptors (Lipinski definition) is 7. The molecule has 1 aliphatic rings. The molecule has 0 bridgehead atoms. The second-order valence-corrected chi connectivity index (χ2v) is 7.45. The molecule has 8 heteroatoms. The van der Waals surface area contributed by atoms with Crippen LogP contribution < -0.4 is 16.0 Å². The molecule has 2 heterocycles. The molecule has 0 aromatic carbocycles. The van der Waals surface area contributed by atoms with E-state index in [9.17, 15) is 8.42 Å². The van der Waals surface area contributed by atoms with Crippen LogP contribution in [0.1, 0.15) is 11.8 Å². The summed E-state index contributed by atoms with van der Waals surface area (Å²) in [6.45, 7) is 4.62. The fourth-order valence-electron chi connectivity index (χ4n) is 2.02. The minimum absolute atomic E-state index is 0.0160. The molecule has 1 saturated heterocycles. The van der Waals surface area contributed by atoms with Crippen molar-refractivity contribution in [3.8, 4) is 6.07 Å². The van der Waals surface area contributed by atoms with E-state index in [0.717, 1.165) is 26.2 Å². The zero-order chi connectivity index (χ0) is 14.0. The van der Waals surface area contributed by atoms with E-state index in [1.807, 2.05) is 11.0 Å². The number of anilines is 2. The van der Waals surface area contributed by atoms with Gasteiger partial charge in [0.2, 0.25) is 0 Å². The molecule has 2 rings (SSSR count). The molecule has 0 atom stereocenters. The van der Waals surface area contributed by atoms with Crippen LogP contribution in [-0.4, -0.2) is 40.3 Å². The number of sulfone groups is 1. The van der Waals surface area contributed by atoms with Gasteiger partial charge >= 0.3 is 0 Å². The van der Waals surface area contributed by atoms with Crippen LogP contribution in [-0.2, 0) is 9.84 Å². The molecule has 1 fully saturated rings. The van der Waals surface area contributed by atoms with Crippen molar-refractivity contribution in [2.75, 3.05) is 42.6 Å². The Morgan fingerprint density at radius 3 is 2.63 bits per heavy atom. The SMILES string of the molecule is CCS(=O)(=O)c1c(N2CCNCC2)sc(C#N)c1N. The number of thiophene rings is 1. The minimum atomic E-state index is -3.43. The summed E-state index contributed by atoms with van der Waals surface area (Å²) in [5, 5.41) is 12.9. The lowest BCUT2D eigenvalue weighted by Crippen LogP contribution is -2.43. The Bertz CT molecular complexity index is 609. The summed E-state index contributed by atoms with van der Waals surface area (Å²) in [7, 11) is -3.43. The number of nitrogens with two attached hydrogens (primary N) is 1. The van der Waals surface area contributed by atoms with Crippen LogP contribution in [0, 0.1) is 11.3 Å². The Morgan fingerprint density at radius 1 is 1.47 bits per heavy atom. The van der Waals surface area contributed by atoms with Crippen LogP contribution in [0.4, 0.5) is 10.7 Å². The lowest BCUT2D eigenvalue weighted by atomic mass is 10.3. The normalized spacial score (nSPS) is 16.3. The predicted molar refractivity (Wildman–Crippen MR) is 76.3 cm³/mol. The van der Waals surface area contributed by atoms with Crippen LogP contribution in [0.25, 0.3) is 0 Å². The first-order valence-corrected chi connectivity index (χ1v) is 8.49. The maximum atomic E-state index is 12.2. The fraction of sp³-hybridized carbons (Fsp3) is 0.545. The van der Waals surface area contributed by atoms with Gasteiger partial charge in [0.15, 0.2) is 9.84 Å². The Hall–Kier alpha value is -1.30. The van der Waals surface area contributed by atoms with Gasteiger partial charge in [-0.1, -0.05) is 6.92 Å². The predicted octanol–water partition coefficient (Wildman–Crippen LogP) is 0.405. The third kappa shape index (κ3) is 2.54. The van der Waals surface area contributed by atoms with Gasteiger partial charge in [0.25, 0.3) is 0 Å². The number of piperazine rings is 1. The molecule has 1 aromatic heterocycles. The molecule has 1 aliphatic heterocycles. The van der Waals surface area contributed by atoms with Gasteiger partial charge in [0.1, 0.15) is 20.8 Å². The largest absolute Gasteiger partial charge is 0.396 e. The molecule has 0 amide bonds. The standard InChI is InChI=1S/C11H16N4O2S2/c1-2-19(16,17)10-9(13)8(7-12)18-11(10)15-5-3-14-4-6-15/h14H,2-6,13H2,1H3. The molecule has 104 valence electrons. The molecule has 19 heavy (non-hydrogen) atoms. The average molecular weight is 300 g/mol. The number of rotatable bonds is 3. The summed E-state index contributed by atoms with van der Waals surface area (Å²) in [5.41, 5.74) is 5.95. The zero-order valence-corrected chi connectivity index (χ0v) is 12.3. The van der Waals surface area contributed by atoms with Gasteiger partial charge in [-0.3, -0.25) is 0 Å². The quantitative estimate of drug-likeness (QED) is 0.838. The Morgan fingerprint density at radius 2 is 2.11 bits per heavy atom. The van der Waals surface area contributed by atoms with Crippen molar-refractivity contribution in [2.45, 2.75) is 11.8 Å². The summed E-state index contributed by atoms with van der Waals surface area (Å²) in [4.78, 5) is 2.40. The van der Waals surface area contributed by atoms with Crippen molar-refractivity contribution < 1.29 is 8.42 Å². The smallest absolute Gasteiger partial charge is 0.183 e. The van der Waals surface area contributed by atoms with E-state index in [1.54, 1.807) is 6.92 Å². The zero-order valence-electron chi connectivity index (χ0n) is 10.6. The molecular formula is C11H16N4O2S2. The fourth-order valence-corrected chi connectivity index (χ4v) is 4.68. The van der Waals surface area contributed by atoms with Gasteiger partial charge < -0.3 is 16.0 Å². The molecule has 3 N–H and O–H groups in total. The number of nitrogen functional groups attached to an aromatic ring is 1. The highest BCUT2D eigenvalue weighted by molar-refractivity contribution is 7.91. The van der Waals surface area contributed by atoms with Gasteiger partial charge in [-0.15, -0.1) is 11.3 Å². The van der Waals surface area contributed by atoms with E-state index in [1.165, 1.54) is 11.3 Å². The molecule has 0 radical (unpaired) electrons. The number of hydrogen-bond donors (Lipinski definition) is 2. The van der Waals surface area contributed by atoms with E-state index < -0.39 is 9.84 Å². The monoisotopic (exact) mass is 300 g/mol. The Labute approximate surface area is 116 Å². The lowest BCUT2D eigenvalue weighted by Gasteiger charge is -2.28. The lowest BCUT2D eigenvalue weighted by molar-refractivity contribution is 0.583. The molecule has 6 nitrogen and oxygen atoms in total. The van der Waals surface area contributed by atoms with Gasteiger partial charge in [0.05, 0.1) is 11.4 Å². The van der Waals surface area contributed by atoms with Crippen molar-refractivity contribution >= 4 is 31.9 Å². The number of nitrogens with zero attached hydrogens (tertiary/aromatic N) is 2. The van der Waals surface area contributed by atoms with Crippen molar-refractivity contribution in [1.29, 1.82) is 5.26 Å². The molecule has 0 saturated carbocycles. The van der Waals surface area contributed by atoms with Crippen molar-refractivity contribution in [2.24, 2.45) is 0 Å². The Kier molecular flexibility index (Phi) is 3.99. The second-order valence-electron chi connectivity index (χ2n) is 4.23. The second kappa shape index (κ2) is 5.36. The maximum Gasteiger partial charge on any atom is 0.183 e. The molecule has 0 spiro atoms. The van der Waals surface area contributed by atoms with Crippen LogP contribution >= 0.6 is 11.3 Å². The van der Waals surface area contributed by atoms with E-state index in [0.29, 0.717) is 5.00 Å². The van der Waals surface area contributed by atoms with Crippen LogP contribution in [0.3, 0.4) is 0 Å². The summed E-state index contributed by atoms with van der Waals surface area (Å²) in [5.74, 6) is -0.0160. The average Bonchev–Trinajstić information content (AvgIpc) is 2.77. The highest BCUT2D eigenvalue weighted by atomic mass is 32.2. The third-order valence-corrected chi connectivity index (χ3v) is 6.17. The first kappa shape index (κ1) is 14.1. The first-order chi connectivity index (χ1) is 9.01. The van der Waals surface area contributed by atoms with Gasteiger partial charge in [-0.2, -0.15) is 5.26 Å². The van der Waals surface area contributed by atoms with E-state index in [4.69, 9.17) is 11.0 Å². The maximum absolute atomic E-state index is 12.2. The van der Waals surface area contributed by atoms with Crippen molar-refractivity contribution in [1.82, 2.24) is 5.32 Å². The minimum Gasteiger partial charge on any atom is -0.396 e. The molecular weight excluding hydrogens is 284 g/mol. The van der Waals surface area contributed by atoms with E-state index >= 15 is 0 Å². The van der Waals surface area contributed by atoms with Crippen LogP contribution in [0.5, 0.6) is 0 Å². The summed E-state index contributed by atoms with van der Waals surface area (Å²) in [6.07, 6.45) is 0. The van der Waals surface area contributed by atoms with E-state index in [2.05, 4.69) is 5.32 Å². The topological polar surface area (TPSA) is 99.2 Å². The number of nitrogens with one attached hydrogen (secondary N) is 1. The van der Waals surface area contributed by atoms with E-state index in [-0.39, 0.29) is 21.2 Å². The van der Waals surface area contributed by atoms with Gasteiger partial charge in [-0.25, -0.2) is 8.42 Å².